The van der Waals surface area contributed by atoms with Gasteiger partial charge in [-0.25, -0.2) is 9.59 Å². The summed E-state index contributed by atoms with van der Waals surface area (Å²) in [6.07, 6.45) is 3.18. The zero-order chi connectivity index (χ0) is 27.0. The lowest BCUT2D eigenvalue weighted by Gasteiger charge is -2.27. The highest BCUT2D eigenvalue weighted by Crippen LogP contribution is 2.21. The summed E-state index contributed by atoms with van der Waals surface area (Å²) in [5, 5.41) is 9.28. The van der Waals surface area contributed by atoms with Gasteiger partial charge in [-0.2, -0.15) is 0 Å². The van der Waals surface area contributed by atoms with Crippen molar-refractivity contribution in [3.05, 3.63) is 54.1 Å². The number of carboxylic acids is 1. The van der Waals surface area contributed by atoms with E-state index in [1.807, 2.05) is 12.1 Å². The van der Waals surface area contributed by atoms with Crippen LogP contribution in [-0.4, -0.2) is 61.6 Å². The van der Waals surface area contributed by atoms with Gasteiger partial charge in [0.05, 0.1) is 13.7 Å². The molecule has 8 nitrogen and oxygen atoms in total. The minimum Gasteiger partial charge on any atom is -0.497 e. The highest BCUT2D eigenvalue weighted by molar-refractivity contribution is 5.72. The van der Waals surface area contributed by atoms with Gasteiger partial charge in [-0.05, 0) is 55.5 Å². The summed E-state index contributed by atoms with van der Waals surface area (Å²) < 4.78 is 22.1. The van der Waals surface area contributed by atoms with Crippen molar-refractivity contribution in [3.63, 3.8) is 0 Å². The van der Waals surface area contributed by atoms with E-state index in [9.17, 15) is 14.7 Å². The van der Waals surface area contributed by atoms with Gasteiger partial charge in [0, 0.05) is 25.6 Å². The van der Waals surface area contributed by atoms with Gasteiger partial charge in [-0.1, -0.05) is 44.9 Å². The van der Waals surface area contributed by atoms with E-state index < -0.39 is 18.2 Å². The summed E-state index contributed by atoms with van der Waals surface area (Å²) in [7, 11) is 1.57. The molecule has 0 bridgehead atoms. The Hall–Kier alpha value is -3.26. The number of carbonyl (C=O) groups excluding carboxylic acids is 1. The first kappa shape index (κ1) is 30.0. The standard InChI is InChI=1S/C29H41NO7/c1-5-9-23(10-6-2)21-30(29(33)37-26-12-8-11-25(20-26)34-4)17-18-36-24-15-13-22(14-16-24)19-27(28(31)32)35-7-3/h8,11-16,20,23,27H,5-7,9-10,17-19,21H2,1-4H3,(H,31,32). The van der Waals surface area contributed by atoms with E-state index in [1.54, 1.807) is 55.3 Å². The van der Waals surface area contributed by atoms with Gasteiger partial charge < -0.3 is 29.0 Å². The topological polar surface area (TPSA) is 94.5 Å². The van der Waals surface area contributed by atoms with Crippen molar-refractivity contribution in [1.82, 2.24) is 4.90 Å². The zero-order valence-corrected chi connectivity index (χ0v) is 22.5. The van der Waals surface area contributed by atoms with Crippen LogP contribution in [0.25, 0.3) is 0 Å². The first-order chi connectivity index (χ1) is 17.9. The number of nitrogens with zero attached hydrogens (tertiary/aromatic N) is 1. The van der Waals surface area contributed by atoms with E-state index in [0.29, 0.717) is 49.5 Å². The number of hydrogen-bond donors (Lipinski definition) is 1. The largest absolute Gasteiger partial charge is 0.497 e. The number of hydrogen-bond acceptors (Lipinski definition) is 6. The van der Waals surface area contributed by atoms with E-state index in [4.69, 9.17) is 18.9 Å². The van der Waals surface area contributed by atoms with Crippen molar-refractivity contribution in [2.45, 2.75) is 59.0 Å². The maximum absolute atomic E-state index is 13.1. The number of carboxylic acid groups (broad SMARTS) is 1. The van der Waals surface area contributed by atoms with Crippen LogP contribution in [0.2, 0.25) is 0 Å². The van der Waals surface area contributed by atoms with Crippen LogP contribution in [0.1, 0.15) is 52.0 Å². The minimum atomic E-state index is -0.979. The average Bonchev–Trinajstić information content (AvgIpc) is 2.89. The lowest BCUT2D eigenvalue weighted by atomic mass is 9.98. The van der Waals surface area contributed by atoms with Gasteiger partial charge in [-0.15, -0.1) is 0 Å². The Bertz CT molecular complexity index is 942. The first-order valence-corrected chi connectivity index (χ1v) is 13.1. The molecule has 1 unspecified atom stereocenters. The molecule has 0 radical (unpaired) electrons. The summed E-state index contributed by atoms with van der Waals surface area (Å²) in [4.78, 5) is 26.1. The predicted molar refractivity (Wildman–Crippen MR) is 143 cm³/mol. The number of ether oxygens (including phenoxy) is 4. The molecule has 2 aromatic carbocycles. The Morgan fingerprint density at radius 1 is 0.946 bits per heavy atom. The molecule has 1 atom stereocenters. The van der Waals surface area contributed by atoms with Gasteiger partial charge in [0.2, 0.25) is 0 Å². The number of carbonyl (C=O) groups is 2. The molecule has 2 aromatic rings. The molecule has 204 valence electrons. The van der Waals surface area contributed by atoms with Gasteiger partial charge in [0.1, 0.15) is 23.9 Å². The summed E-state index contributed by atoms with van der Waals surface area (Å²) >= 11 is 0. The van der Waals surface area contributed by atoms with Crippen molar-refractivity contribution >= 4 is 12.1 Å². The van der Waals surface area contributed by atoms with Crippen molar-refractivity contribution in [1.29, 1.82) is 0 Å². The molecule has 0 saturated heterocycles. The molecular weight excluding hydrogens is 474 g/mol. The second-order valence-electron chi connectivity index (χ2n) is 8.92. The lowest BCUT2D eigenvalue weighted by Crippen LogP contribution is -2.40. The average molecular weight is 516 g/mol. The molecule has 1 N–H and O–H groups in total. The Labute approximate surface area is 220 Å². The van der Waals surface area contributed by atoms with Crippen LogP contribution in [0, 0.1) is 5.92 Å². The highest BCUT2D eigenvalue weighted by Gasteiger charge is 2.21. The molecule has 0 spiro atoms. The minimum absolute atomic E-state index is 0.281. The molecule has 0 saturated carbocycles. The van der Waals surface area contributed by atoms with Crippen LogP contribution >= 0.6 is 0 Å². The zero-order valence-electron chi connectivity index (χ0n) is 22.5. The van der Waals surface area contributed by atoms with E-state index in [2.05, 4.69) is 13.8 Å². The van der Waals surface area contributed by atoms with Gasteiger partial charge >= 0.3 is 12.1 Å². The van der Waals surface area contributed by atoms with Crippen molar-refractivity contribution < 1.29 is 33.6 Å². The highest BCUT2D eigenvalue weighted by atomic mass is 16.6. The van der Waals surface area contributed by atoms with Gasteiger partial charge in [0.25, 0.3) is 0 Å². The molecule has 0 heterocycles. The maximum Gasteiger partial charge on any atom is 0.415 e. The Morgan fingerprint density at radius 2 is 1.62 bits per heavy atom. The maximum atomic E-state index is 13.1. The molecule has 0 aliphatic rings. The summed E-state index contributed by atoms with van der Waals surface area (Å²) in [6.45, 7) is 7.69. The molecule has 37 heavy (non-hydrogen) atoms. The Kier molecular flexibility index (Phi) is 13.3. The van der Waals surface area contributed by atoms with E-state index in [1.165, 1.54) is 0 Å². The van der Waals surface area contributed by atoms with Crippen LogP contribution in [0.4, 0.5) is 4.79 Å². The normalized spacial score (nSPS) is 11.7. The third-order valence-electron chi connectivity index (χ3n) is 5.99. The summed E-state index contributed by atoms with van der Waals surface area (Å²) in [6, 6.07) is 14.3. The quantitative estimate of drug-likeness (QED) is 0.283. The SMILES string of the molecule is CCCC(CCC)CN(CCOc1ccc(CC(OCC)C(=O)O)cc1)C(=O)Oc1cccc(OC)c1. The Balaban J connectivity index is 2.01. The number of amides is 1. The molecule has 8 heteroatoms. The van der Waals surface area contributed by atoms with E-state index in [0.717, 1.165) is 31.2 Å². The summed E-state index contributed by atoms with van der Waals surface area (Å²) in [5.41, 5.74) is 0.846. The van der Waals surface area contributed by atoms with Gasteiger partial charge in [-0.3, -0.25) is 0 Å². The number of methoxy groups -OCH3 is 1. The molecule has 0 fully saturated rings. The van der Waals surface area contributed by atoms with Crippen LogP contribution in [0.3, 0.4) is 0 Å². The second kappa shape index (κ2) is 16.5. The van der Waals surface area contributed by atoms with E-state index >= 15 is 0 Å². The third kappa shape index (κ3) is 10.7. The van der Waals surface area contributed by atoms with Crippen LogP contribution < -0.4 is 14.2 Å². The molecular formula is C29H41NO7. The van der Waals surface area contributed by atoms with Crippen LogP contribution in [-0.2, 0) is 16.0 Å². The fraction of sp³-hybridized carbons (Fsp3) is 0.517. The molecule has 0 aliphatic heterocycles. The van der Waals surface area contributed by atoms with Crippen LogP contribution in [0.15, 0.2) is 48.5 Å². The molecule has 2 rings (SSSR count). The molecule has 0 aromatic heterocycles. The number of aliphatic carboxylic acids is 1. The fourth-order valence-corrected chi connectivity index (χ4v) is 4.17. The fourth-order valence-electron chi connectivity index (χ4n) is 4.17. The predicted octanol–water partition coefficient (Wildman–Crippen LogP) is 5.82. The smallest absolute Gasteiger partial charge is 0.415 e. The first-order valence-electron chi connectivity index (χ1n) is 13.1. The van der Waals surface area contributed by atoms with E-state index in [-0.39, 0.29) is 6.42 Å². The number of rotatable bonds is 17. The van der Waals surface area contributed by atoms with Crippen LogP contribution in [0.5, 0.6) is 17.2 Å². The monoisotopic (exact) mass is 515 g/mol. The molecule has 1 amide bonds. The van der Waals surface area contributed by atoms with Crippen molar-refractivity contribution in [2.24, 2.45) is 5.92 Å². The van der Waals surface area contributed by atoms with Crippen molar-refractivity contribution in [2.75, 3.05) is 33.4 Å². The third-order valence-corrected chi connectivity index (χ3v) is 5.99. The van der Waals surface area contributed by atoms with Gasteiger partial charge in [0.15, 0.2) is 6.10 Å². The second-order valence-corrected chi connectivity index (χ2v) is 8.92. The summed E-state index contributed by atoms with van der Waals surface area (Å²) in [5.74, 6) is 1.11. The number of benzene rings is 2. The molecule has 0 aliphatic carbocycles. The van der Waals surface area contributed by atoms with Crippen molar-refractivity contribution in [3.8, 4) is 17.2 Å². The Morgan fingerprint density at radius 3 is 2.22 bits per heavy atom. The lowest BCUT2D eigenvalue weighted by molar-refractivity contribution is -0.149.